The number of benzene rings is 4. The van der Waals surface area contributed by atoms with Gasteiger partial charge in [-0.3, -0.25) is 0 Å². The Morgan fingerprint density at radius 3 is 2.02 bits per heavy atom. The molecule has 6 nitrogen and oxygen atoms in total. The Kier molecular flexibility index (Phi) is 8.92. The number of piperidine rings is 1. The van der Waals surface area contributed by atoms with Crippen LogP contribution in [0.5, 0.6) is 5.75 Å². The molecule has 8 heteroatoms. The van der Waals surface area contributed by atoms with Gasteiger partial charge in [0.25, 0.3) is 0 Å². The lowest BCUT2D eigenvalue weighted by molar-refractivity contribution is -0.145. The van der Waals surface area contributed by atoms with Crippen LogP contribution in [0.25, 0.3) is 11.0 Å². The summed E-state index contributed by atoms with van der Waals surface area (Å²) < 4.78 is 13.1. The van der Waals surface area contributed by atoms with Gasteiger partial charge >= 0.3 is 5.97 Å². The third-order valence-corrected chi connectivity index (χ3v) is 9.62. The van der Waals surface area contributed by atoms with Crippen molar-refractivity contribution in [2.75, 3.05) is 31.2 Å². The van der Waals surface area contributed by atoms with E-state index in [4.69, 9.17) is 37.7 Å². The lowest BCUT2D eigenvalue weighted by Crippen LogP contribution is -2.35. The SMILES string of the molecule is CCOC(=O)COc1ccc(N2CCC(n3c(C4CC4)nc4ccc(C(c5ccc(Cl)cc5)c5ccc(Cl)cc5)cc43)CC2)cc1. The monoisotopic (exact) mass is 653 g/mol. The van der Waals surface area contributed by atoms with E-state index in [0.717, 1.165) is 47.2 Å². The summed E-state index contributed by atoms with van der Waals surface area (Å²) in [5, 5.41) is 1.46. The molecule has 0 unspecified atom stereocenters. The van der Waals surface area contributed by atoms with Crippen molar-refractivity contribution in [1.82, 2.24) is 9.55 Å². The van der Waals surface area contributed by atoms with Crippen LogP contribution in [-0.4, -0.2) is 41.8 Å². The van der Waals surface area contributed by atoms with Crippen molar-refractivity contribution in [2.24, 2.45) is 0 Å². The summed E-state index contributed by atoms with van der Waals surface area (Å²) in [6.07, 6.45) is 4.48. The summed E-state index contributed by atoms with van der Waals surface area (Å²) in [4.78, 5) is 19.3. The van der Waals surface area contributed by atoms with E-state index in [0.29, 0.717) is 24.3 Å². The maximum absolute atomic E-state index is 11.6. The van der Waals surface area contributed by atoms with Crippen LogP contribution in [0.4, 0.5) is 5.69 Å². The summed E-state index contributed by atoms with van der Waals surface area (Å²) in [6.45, 7) is 3.96. The third kappa shape index (κ3) is 6.60. The molecule has 5 aromatic rings. The molecule has 1 aromatic heterocycles. The van der Waals surface area contributed by atoms with E-state index < -0.39 is 0 Å². The van der Waals surface area contributed by atoms with Gasteiger partial charge in [0.1, 0.15) is 11.6 Å². The van der Waals surface area contributed by atoms with Crippen LogP contribution in [0.1, 0.15) is 73.0 Å². The number of imidazole rings is 1. The molecule has 0 atom stereocenters. The molecule has 2 heterocycles. The molecular weight excluding hydrogens is 617 g/mol. The molecule has 0 spiro atoms. The summed E-state index contributed by atoms with van der Waals surface area (Å²) >= 11 is 12.6. The molecule has 1 saturated carbocycles. The highest BCUT2D eigenvalue weighted by molar-refractivity contribution is 6.30. The van der Waals surface area contributed by atoms with Crippen LogP contribution in [-0.2, 0) is 9.53 Å². The minimum atomic E-state index is -0.358. The van der Waals surface area contributed by atoms with E-state index in [1.807, 2.05) is 36.4 Å². The Morgan fingerprint density at radius 1 is 0.826 bits per heavy atom. The zero-order valence-corrected chi connectivity index (χ0v) is 27.4. The van der Waals surface area contributed by atoms with Crippen molar-refractivity contribution >= 4 is 45.9 Å². The van der Waals surface area contributed by atoms with Gasteiger partial charge in [-0.15, -0.1) is 0 Å². The van der Waals surface area contributed by atoms with Crippen molar-refractivity contribution in [2.45, 2.75) is 50.5 Å². The number of esters is 1. The van der Waals surface area contributed by atoms with Crippen molar-refractivity contribution in [3.05, 3.63) is 124 Å². The highest BCUT2D eigenvalue weighted by atomic mass is 35.5. The zero-order valence-electron chi connectivity index (χ0n) is 25.9. The van der Waals surface area contributed by atoms with Gasteiger partial charge in [0, 0.05) is 46.7 Å². The van der Waals surface area contributed by atoms with Crippen LogP contribution in [0.3, 0.4) is 0 Å². The number of ether oxygens (including phenoxy) is 2. The van der Waals surface area contributed by atoms with Gasteiger partial charge in [-0.1, -0.05) is 53.5 Å². The van der Waals surface area contributed by atoms with Crippen LogP contribution in [0, 0.1) is 0 Å². The quantitative estimate of drug-likeness (QED) is 0.111. The molecule has 2 aliphatic rings. The Hall–Kier alpha value is -4.00. The van der Waals surface area contributed by atoms with Crippen molar-refractivity contribution in [3.63, 3.8) is 0 Å². The van der Waals surface area contributed by atoms with Gasteiger partial charge in [0.2, 0.25) is 0 Å². The van der Waals surface area contributed by atoms with Gasteiger partial charge < -0.3 is 18.9 Å². The first-order chi connectivity index (χ1) is 22.5. The van der Waals surface area contributed by atoms with E-state index in [9.17, 15) is 4.79 Å². The van der Waals surface area contributed by atoms with Crippen LogP contribution in [0.2, 0.25) is 10.0 Å². The minimum Gasteiger partial charge on any atom is -0.482 e. The number of hydrogen-bond donors (Lipinski definition) is 0. The number of hydrogen-bond acceptors (Lipinski definition) is 5. The molecule has 1 saturated heterocycles. The first-order valence-electron chi connectivity index (χ1n) is 16.1. The minimum absolute atomic E-state index is 0.0396. The second kappa shape index (κ2) is 13.4. The third-order valence-electron chi connectivity index (χ3n) is 9.12. The van der Waals surface area contributed by atoms with E-state index in [2.05, 4.69) is 64.1 Å². The molecule has 0 amide bonds. The summed E-state index contributed by atoms with van der Waals surface area (Å²) in [7, 11) is 0. The van der Waals surface area contributed by atoms with Gasteiger partial charge in [0.05, 0.1) is 17.6 Å². The molecular formula is C38H37Cl2N3O3. The average molecular weight is 655 g/mol. The fourth-order valence-electron chi connectivity index (χ4n) is 6.69. The average Bonchev–Trinajstić information content (AvgIpc) is 3.86. The Morgan fingerprint density at radius 2 is 1.43 bits per heavy atom. The number of carbonyl (C=O) groups excluding carboxylic acids is 1. The molecule has 1 aliphatic carbocycles. The molecule has 2 fully saturated rings. The highest BCUT2D eigenvalue weighted by Crippen LogP contribution is 2.44. The summed E-state index contributed by atoms with van der Waals surface area (Å²) in [5.41, 5.74) is 7.04. The van der Waals surface area contributed by atoms with Crippen LogP contribution in [0.15, 0.2) is 91.0 Å². The fraction of sp³-hybridized carbons (Fsp3) is 0.316. The number of anilines is 1. The molecule has 0 bridgehead atoms. The second-order valence-electron chi connectivity index (χ2n) is 12.2. The zero-order chi connectivity index (χ0) is 31.6. The van der Waals surface area contributed by atoms with Crippen molar-refractivity contribution < 1.29 is 14.3 Å². The van der Waals surface area contributed by atoms with Gasteiger partial charge in [-0.2, -0.15) is 0 Å². The second-order valence-corrected chi connectivity index (χ2v) is 13.1. The van der Waals surface area contributed by atoms with E-state index in [-0.39, 0.29) is 18.5 Å². The molecule has 236 valence electrons. The summed E-state index contributed by atoms with van der Waals surface area (Å²) in [5.74, 6) is 2.13. The van der Waals surface area contributed by atoms with Crippen molar-refractivity contribution in [3.8, 4) is 5.75 Å². The Balaban J connectivity index is 1.15. The number of halogens is 2. The molecule has 1 aliphatic heterocycles. The molecule has 4 aromatic carbocycles. The predicted octanol–water partition coefficient (Wildman–Crippen LogP) is 9.18. The van der Waals surface area contributed by atoms with E-state index in [1.165, 1.54) is 40.9 Å². The van der Waals surface area contributed by atoms with E-state index >= 15 is 0 Å². The lowest BCUT2D eigenvalue weighted by Gasteiger charge is -2.35. The normalized spacial score (nSPS) is 15.4. The molecule has 0 N–H and O–H groups in total. The van der Waals surface area contributed by atoms with Gasteiger partial charge in [-0.05, 0) is 110 Å². The Bertz CT molecular complexity index is 1760. The number of fused-ring (bicyclic) bond motifs is 1. The van der Waals surface area contributed by atoms with Gasteiger partial charge in [-0.25, -0.2) is 9.78 Å². The first kappa shape index (κ1) is 30.6. The van der Waals surface area contributed by atoms with Crippen LogP contribution >= 0.6 is 23.2 Å². The highest BCUT2D eigenvalue weighted by Gasteiger charge is 2.33. The van der Waals surface area contributed by atoms with Crippen molar-refractivity contribution in [1.29, 1.82) is 0 Å². The maximum Gasteiger partial charge on any atom is 0.344 e. The number of rotatable bonds is 10. The summed E-state index contributed by atoms with van der Waals surface area (Å²) in [6, 6.07) is 31.5. The lowest BCUT2D eigenvalue weighted by atomic mass is 9.85. The molecule has 46 heavy (non-hydrogen) atoms. The smallest absolute Gasteiger partial charge is 0.344 e. The number of nitrogens with zero attached hydrogens (tertiary/aromatic N) is 3. The van der Waals surface area contributed by atoms with Crippen LogP contribution < -0.4 is 9.64 Å². The first-order valence-corrected chi connectivity index (χ1v) is 16.9. The predicted molar refractivity (Wildman–Crippen MR) is 185 cm³/mol. The van der Waals surface area contributed by atoms with Gasteiger partial charge in [0.15, 0.2) is 6.61 Å². The molecule has 0 radical (unpaired) electrons. The van der Waals surface area contributed by atoms with E-state index in [1.54, 1.807) is 6.92 Å². The standard InChI is InChI=1S/C38H37Cl2N3O3/c1-2-45-36(44)24-46-33-16-14-31(15-17-33)42-21-19-32(20-22-42)43-35-23-28(9-18-34(35)41-38(43)27-3-4-27)37(25-5-10-29(39)11-6-25)26-7-12-30(40)13-8-26/h5-18,23,27,32,37H,2-4,19-22,24H2,1H3. The largest absolute Gasteiger partial charge is 0.482 e. The number of aromatic nitrogens is 2. The topological polar surface area (TPSA) is 56.6 Å². The molecule has 7 rings (SSSR count). The maximum atomic E-state index is 11.6. The number of carbonyl (C=O) groups is 1. The fourth-order valence-corrected chi connectivity index (χ4v) is 6.94. The Labute approximate surface area is 279 Å².